The number of amides is 1. The minimum Gasteiger partial charge on any atom is -0.444 e. The number of carbonyl (C=O) groups is 1. The number of rotatable bonds is 4. The Bertz CT molecular complexity index is 494. The smallest absolute Gasteiger partial charge is 0.407 e. The third-order valence-corrected chi connectivity index (χ3v) is 3.96. The molecule has 116 valence electrons. The molecule has 0 radical (unpaired) electrons. The molecule has 0 aromatic heterocycles. The lowest BCUT2D eigenvalue weighted by atomic mass is 9.87. The summed E-state index contributed by atoms with van der Waals surface area (Å²) in [5.41, 5.74) is 8.26. The van der Waals surface area contributed by atoms with E-state index in [1.807, 2.05) is 20.8 Å². The van der Waals surface area contributed by atoms with Crippen LogP contribution in [0.5, 0.6) is 0 Å². The van der Waals surface area contributed by atoms with Gasteiger partial charge in [0.25, 0.3) is 0 Å². The lowest BCUT2D eigenvalue weighted by Gasteiger charge is -2.25. The van der Waals surface area contributed by atoms with Gasteiger partial charge in [-0.05, 0) is 63.1 Å². The number of aryl methyl sites for hydroxylation is 1. The Labute approximate surface area is 127 Å². The zero-order valence-electron chi connectivity index (χ0n) is 13.2. The Morgan fingerprint density at radius 3 is 2.81 bits per heavy atom. The van der Waals surface area contributed by atoms with Gasteiger partial charge < -0.3 is 15.8 Å². The molecule has 1 aromatic rings. The fraction of sp³-hybridized carbons (Fsp3) is 0.588. The van der Waals surface area contributed by atoms with Gasteiger partial charge in [-0.3, -0.25) is 0 Å². The first-order valence-electron chi connectivity index (χ1n) is 7.65. The largest absolute Gasteiger partial charge is 0.444 e. The van der Waals surface area contributed by atoms with E-state index in [2.05, 4.69) is 29.6 Å². The molecule has 1 aromatic carbocycles. The van der Waals surface area contributed by atoms with Crippen LogP contribution in [-0.4, -0.2) is 24.8 Å². The third-order valence-electron chi connectivity index (χ3n) is 3.96. The van der Waals surface area contributed by atoms with Crippen LogP contribution >= 0.6 is 0 Å². The fourth-order valence-electron chi connectivity index (χ4n) is 3.00. The number of benzene rings is 1. The zero-order valence-corrected chi connectivity index (χ0v) is 13.2. The maximum absolute atomic E-state index is 11.8. The molecule has 21 heavy (non-hydrogen) atoms. The zero-order chi connectivity index (χ0) is 15.5. The summed E-state index contributed by atoms with van der Waals surface area (Å²) < 4.78 is 5.27. The maximum atomic E-state index is 11.8. The highest BCUT2D eigenvalue weighted by Crippen LogP contribution is 2.37. The van der Waals surface area contributed by atoms with Gasteiger partial charge in [0.2, 0.25) is 0 Å². The molecule has 4 heteroatoms. The molecule has 0 fully saturated rings. The number of nitrogens with two attached hydrogens (primary N) is 1. The van der Waals surface area contributed by atoms with Crippen molar-refractivity contribution in [2.45, 2.75) is 45.1 Å². The molecular formula is C17H26N2O2. The molecule has 0 heterocycles. The number of fused-ring (bicyclic) bond motifs is 1. The molecule has 0 aliphatic heterocycles. The predicted octanol–water partition coefficient (Wildman–Crippen LogP) is 2.82. The Kier molecular flexibility index (Phi) is 4.88. The van der Waals surface area contributed by atoms with Gasteiger partial charge >= 0.3 is 6.09 Å². The van der Waals surface area contributed by atoms with Crippen LogP contribution in [0, 0.1) is 5.92 Å². The summed E-state index contributed by atoms with van der Waals surface area (Å²) in [4.78, 5) is 11.8. The van der Waals surface area contributed by atoms with Gasteiger partial charge in [0.05, 0.1) is 0 Å². The molecule has 0 saturated carbocycles. The Hall–Kier alpha value is -1.55. The van der Waals surface area contributed by atoms with Crippen molar-refractivity contribution in [2.75, 3.05) is 13.1 Å². The molecule has 2 atom stereocenters. The molecule has 2 rings (SSSR count). The van der Waals surface area contributed by atoms with Crippen molar-refractivity contribution in [2.24, 2.45) is 11.7 Å². The summed E-state index contributed by atoms with van der Waals surface area (Å²) in [6.45, 7) is 6.71. The molecule has 4 nitrogen and oxygen atoms in total. The second-order valence-corrected chi connectivity index (χ2v) is 6.72. The highest BCUT2D eigenvalue weighted by Gasteiger charge is 2.29. The van der Waals surface area contributed by atoms with E-state index in [0.717, 1.165) is 12.8 Å². The van der Waals surface area contributed by atoms with Crippen molar-refractivity contribution < 1.29 is 9.53 Å². The van der Waals surface area contributed by atoms with Crippen molar-refractivity contribution in [3.05, 3.63) is 35.4 Å². The Balaban J connectivity index is 1.94. The van der Waals surface area contributed by atoms with Crippen LogP contribution in [0.4, 0.5) is 4.79 Å². The van der Waals surface area contributed by atoms with Gasteiger partial charge in [0.15, 0.2) is 0 Å². The van der Waals surface area contributed by atoms with Crippen LogP contribution in [0.1, 0.15) is 44.2 Å². The molecule has 2 unspecified atom stereocenters. The number of carbonyl (C=O) groups excluding carboxylic acids is 1. The van der Waals surface area contributed by atoms with Crippen LogP contribution in [0.25, 0.3) is 0 Å². The van der Waals surface area contributed by atoms with Crippen molar-refractivity contribution in [3.63, 3.8) is 0 Å². The quantitative estimate of drug-likeness (QED) is 0.896. The first-order valence-corrected chi connectivity index (χ1v) is 7.65. The summed E-state index contributed by atoms with van der Waals surface area (Å²) in [7, 11) is 0. The van der Waals surface area contributed by atoms with Gasteiger partial charge in [-0.15, -0.1) is 0 Å². The molecule has 0 bridgehead atoms. The maximum Gasteiger partial charge on any atom is 0.407 e. The number of hydrogen-bond acceptors (Lipinski definition) is 3. The average molecular weight is 290 g/mol. The van der Waals surface area contributed by atoms with Crippen LogP contribution in [0.3, 0.4) is 0 Å². The molecular weight excluding hydrogens is 264 g/mol. The highest BCUT2D eigenvalue weighted by molar-refractivity contribution is 5.67. The lowest BCUT2D eigenvalue weighted by Crippen LogP contribution is -2.38. The van der Waals surface area contributed by atoms with Crippen molar-refractivity contribution in [1.29, 1.82) is 0 Å². The van der Waals surface area contributed by atoms with Crippen molar-refractivity contribution in [1.82, 2.24) is 5.32 Å². The summed E-state index contributed by atoms with van der Waals surface area (Å²) in [6, 6.07) is 8.52. The van der Waals surface area contributed by atoms with Crippen molar-refractivity contribution in [3.8, 4) is 0 Å². The van der Waals surface area contributed by atoms with Gasteiger partial charge in [0, 0.05) is 6.54 Å². The number of ether oxygens (including phenoxy) is 1. The second kappa shape index (κ2) is 6.48. The molecule has 3 N–H and O–H groups in total. The molecule has 1 aliphatic carbocycles. The Morgan fingerprint density at radius 2 is 2.14 bits per heavy atom. The summed E-state index contributed by atoms with van der Waals surface area (Å²) in [6.07, 6.45) is 1.84. The third kappa shape index (κ3) is 4.21. The van der Waals surface area contributed by atoms with E-state index < -0.39 is 5.60 Å². The first-order chi connectivity index (χ1) is 9.90. The van der Waals surface area contributed by atoms with Crippen LogP contribution < -0.4 is 11.1 Å². The molecule has 0 saturated heterocycles. The number of nitrogens with one attached hydrogen (secondary N) is 1. The van der Waals surface area contributed by atoms with Crippen LogP contribution in [0.2, 0.25) is 0 Å². The topological polar surface area (TPSA) is 64.3 Å². The monoisotopic (exact) mass is 290 g/mol. The Morgan fingerprint density at radius 1 is 1.43 bits per heavy atom. The van der Waals surface area contributed by atoms with E-state index in [1.54, 1.807) is 0 Å². The predicted molar refractivity (Wildman–Crippen MR) is 84.3 cm³/mol. The minimum atomic E-state index is -0.470. The van der Waals surface area contributed by atoms with E-state index >= 15 is 0 Å². The van der Waals surface area contributed by atoms with Gasteiger partial charge in [0.1, 0.15) is 5.60 Å². The first kappa shape index (κ1) is 15.8. The second-order valence-electron chi connectivity index (χ2n) is 6.72. The summed E-state index contributed by atoms with van der Waals surface area (Å²) in [5, 5.41) is 2.86. The van der Waals surface area contributed by atoms with E-state index in [4.69, 9.17) is 10.5 Å². The molecule has 1 amide bonds. The fourth-order valence-corrected chi connectivity index (χ4v) is 3.00. The van der Waals surface area contributed by atoms with Gasteiger partial charge in [-0.2, -0.15) is 0 Å². The lowest BCUT2D eigenvalue weighted by molar-refractivity contribution is 0.0517. The SMILES string of the molecule is CC(C)(C)OC(=O)NCC(CN)C1CCc2ccccc21. The number of alkyl carbamates (subject to hydrolysis) is 1. The highest BCUT2D eigenvalue weighted by atomic mass is 16.6. The van der Waals surface area contributed by atoms with Gasteiger partial charge in [-0.25, -0.2) is 4.79 Å². The average Bonchev–Trinajstić information content (AvgIpc) is 2.82. The van der Waals surface area contributed by atoms with E-state index in [-0.39, 0.29) is 12.0 Å². The van der Waals surface area contributed by atoms with Crippen LogP contribution in [0.15, 0.2) is 24.3 Å². The summed E-state index contributed by atoms with van der Waals surface area (Å²) >= 11 is 0. The van der Waals surface area contributed by atoms with E-state index in [0.29, 0.717) is 19.0 Å². The van der Waals surface area contributed by atoms with Crippen molar-refractivity contribution >= 4 is 6.09 Å². The minimum absolute atomic E-state index is 0.251. The molecule has 0 spiro atoms. The van der Waals surface area contributed by atoms with E-state index in [1.165, 1.54) is 11.1 Å². The molecule has 1 aliphatic rings. The van der Waals surface area contributed by atoms with E-state index in [9.17, 15) is 4.79 Å². The normalized spacial score (nSPS) is 19.0. The van der Waals surface area contributed by atoms with Gasteiger partial charge in [-0.1, -0.05) is 24.3 Å². The van der Waals surface area contributed by atoms with Crippen LogP contribution in [-0.2, 0) is 11.2 Å². The number of hydrogen-bond donors (Lipinski definition) is 2. The summed E-state index contributed by atoms with van der Waals surface area (Å²) in [5.74, 6) is 0.683. The standard InChI is InChI=1S/C17H26N2O2/c1-17(2,3)21-16(20)19-11-13(10-18)15-9-8-12-6-4-5-7-14(12)15/h4-7,13,15H,8-11,18H2,1-3H3,(H,19,20).